The Morgan fingerprint density at radius 1 is 1.20 bits per heavy atom. The van der Waals surface area contributed by atoms with Crippen LogP contribution in [0.15, 0.2) is 42.5 Å². The smallest absolute Gasteiger partial charge is 0.293 e. The lowest BCUT2D eigenvalue weighted by Gasteiger charge is -2.09. The highest BCUT2D eigenvalue weighted by Crippen LogP contribution is 2.31. The molecule has 0 atom stereocenters. The van der Waals surface area contributed by atoms with Gasteiger partial charge in [0, 0.05) is 18.3 Å². The lowest BCUT2D eigenvalue weighted by atomic mass is 10.1. The first kappa shape index (κ1) is 14.1. The largest absolute Gasteiger partial charge is 0.399 e. The molecule has 0 aliphatic rings. The Morgan fingerprint density at radius 2 is 1.90 bits per heavy atom. The molecule has 0 unspecified atom stereocenters. The molecule has 5 nitrogen and oxygen atoms in total. The molecule has 0 heterocycles. The molecular weight excluding hydrogens is 278 g/mol. The fourth-order valence-corrected chi connectivity index (χ4v) is 2.09. The zero-order chi connectivity index (χ0) is 14.5. The summed E-state index contributed by atoms with van der Waals surface area (Å²) in [4.78, 5) is 10.5. The number of halogens is 1. The van der Waals surface area contributed by atoms with Crippen molar-refractivity contribution in [1.82, 2.24) is 0 Å². The average molecular weight is 292 g/mol. The third kappa shape index (κ3) is 3.39. The second-order valence-corrected chi connectivity index (χ2v) is 4.72. The molecule has 0 aliphatic heterocycles. The maximum absolute atomic E-state index is 10.9. The number of nitrogens with zero attached hydrogens (tertiary/aromatic N) is 1. The topological polar surface area (TPSA) is 81.2 Å². The Bertz CT molecular complexity index is 614. The summed E-state index contributed by atoms with van der Waals surface area (Å²) in [5, 5.41) is 14.3. The van der Waals surface area contributed by atoms with Gasteiger partial charge >= 0.3 is 0 Å². The molecule has 0 aromatic heterocycles. The Morgan fingerprint density at radius 3 is 2.55 bits per heavy atom. The van der Waals surface area contributed by atoms with Crippen LogP contribution in [0.5, 0.6) is 0 Å². The van der Waals surface area contributed by atoms with E-state index in [1.54, 1.807) is 12.1 Å². The minimum absolute atomic E-state index is 0.0187. The number of rotatable bonds is 5. The first-order chi connectivity index (χ1) is 9.58. The molecule has 0 saturated carbocycles. The molecule has 20 heavy (non-hydrogen) atoms. The van der Waals surface area contributed by atoms with Gasteiger partial charge in [-0.15, -0.1) is 0 Å². The van der Waals surface area contributed by atoms with Crippen LogP contribution < -0.4 is 11.1 Å². The molecule has 0 radical (unpaired) electrons. The number of nitrogens with two attached hydrogens (primary N) is 1. The van der Waals surface area contributed by atoms with Crippen molar-refractivity contribution < 1.29 is 4.92 Å². The van der Waals surface area contributed by atoms with Crippen LogP contribution in [-0.4, -0.2) is 11.5 Å². The lowest BCUT2D eigenvalue weighted by Crippen LogP contribution is -2.07. The van der Waals surface area contributed by atoms with Gasteiger partial charge in [-0.2, -0.15) is 0 Å². The molecular formula is C14H14ClN3O2. The number of nitrogens with one attached hydrogen (secondary N) is 1. The second-order valence-electron chi connectivity index (χ2n) is 4.31. The minimum atomic E-state index is -0.447. The van der Waals surface area contributed by atoms with Gasteiger partial charge in [0.1, 0.15) is 5.69 Å². The molecule has 2 aromatic carbocycles. The van der Waals surface area contributed by atoms with E-state index in [-0.39, 0.29) is 5.69 Å². The third-order valence-electron chi connectivity index (χ3n) is 2.88. The van der Waals surface area contributed by atoms with Gasteiger partial charge in [0.25, 0.3) is 5.69 Å². The number of hydrogen-bond acceptors (Lipinski definition) is 4. The molecule has 0 fully saturated rings. The summed E-state index contributed by atoms with van der Waals surface area (Å²) in [7, 11) is 0. The zero-order valence-corrected chi connectivity index (χ0v) is 11.4. The van der Waals surface area contributed by atoms with Gasteiger partial charge < -0.3 is 11.1 Å². The van der Waals surface area contributed by atoms with E-state index in [9.17, 15) is 10.1 Å². The van der Waals surface area contributed by atoms with E-state index in [1.165, 1.54) is 6.07 Å². The van der Waals surface area contributed by atoms with Gasteiger partial charge in [-0.25, -0.2) is 0 Å². The fraction of sp³-hybridized carbons (Fsp3) is 0.143. The number of nitro groups is 1. The van der Waals surface area contributed by atoms with Crippen LogP contribution in [0.3, 0.4) is 0 Å². The van der Waals surface area contributed by atoms with Crippen molar-refractivity contribution in [1.29, 1.82) is 0 Å². The molecule has 3 N–H and O–H groups in total. The maximum Gasteiger partial charge on any atom is 0.293 e. The molecule has 0 saturated heterocycles. The van der Waals surface area contributed by atoms with Crippen molar-refractivity contribution in [3.8, 4) is 0 Å². The van der Waals surface area contributed by atoms with Crippen LogP contribution >= 0.6 is 11.6 Å². The normalized spacial score (nSPS) is 10.2. The Kier molecular flexibility index (Phi) is 4.42. The highest BCUT2D eigenvalue weighted by molar-refractivity contribution is 6.33. The van der Waals surface area contributed by atoms with Gasteiger partial charge in [0.05, 0.1) is 9.95 Å². The molecule has 2 aromatic rings. The number of anilines is 2. The average Bonchev–Trinajstić information content (AvgIpc) is 2.42. The van der Waals surface area contributed by atoms with E-state index in [0.29, 0.717) is 22.9 Å². The van der Waals surface area contributed by atoms with Crippen molar-refractivity contribution in [2.24, 2.45) is 0 Å². The Balaban J connectivity index is 2.04. The Hall–Kier alpha value is -2.27. The highest BCUT2D eigenvalue weighted by atomic mass is 35.5. The van der Waals surface area contributed by atoms with E-state index >= 15 is 0 Å². The number of nitrogen functional groups attached to an aromatic ring is 1. The van der Waals surface area contributed by atoms with Crippen LogP contribution in [0.2, 0.25) is 5.02 Å². The van der Waals surface area contributed by atoms with E-state index in [0.717, 1.165) is 12.0 Å². The fourth-order valence-electron chi connectivity index (χ4n) is 1.86. The quantitative estimate of drug-likeness (QED) is 0.502. The molecule has 6 heteroatoms. The first-order valence-corrected chi connectivity index (χ1v) is 6.47. The standard InChI is InChI=1S/C14H14ClN3O2/c15-12-2-1-3-13(18(19)20)14(12)17-9-8-10-4-6-11(16)7-5-10/h1-7,17H,8-9,16H2. The molecule has 0 bridgehead atoms. The van der Waals surface area contributed by atoms with Gasteiger partial charge in [-0.1, -0.05) is 29.8 Å². The molecule has 0 spiro atoms. The van der Waals surface area contributed by atoms with Gasteiger partial charge in [-0.05, 0) is 30.2 Å². The zero-order valence-electron chi connectivity index (χ0n) is 10.7. The van der Waals surface area contributed by atoms with Crippen molar-refractivity contribution in [2.75, 3.05) is 17.6 Å². The number of nitro benzene ring substituents is 1. The second kappa shape index (κ2) is 6.25. The summed E-state index contributed by atoms with van der Waals surface area (Å²) in [5.74, 6) is 0. The van der Waals surface area contributed by atoms with Crippen LogP contribution in [0.25, 0.3) is 0 Å². The van der Waals surface area contributed by atoms with Crippen molar-refractivity contribution in [3.63, 3.8) is 0 Å². The van der Waals surface area contributed by atoms with Crippen LogP contribution in [0, 0.1) is 10.1 Å². The lowest BCUT2D eigenvalue weighted by molar-refractivity contribution is -0.383. The van der Waals surface area contributed by atoms with Crippen molar-refractivity contribution in [2.45, 2.75) is 6.42 Å². The molecule has 0 aliphatic carbocycles. The van der Waals surface area contributed by atoms with Gasteiger partial charge in [0.15, 0.2) is 0 Å². The SMILES string of the molecule is Nc1ccc(CCNc2c(Cl)cccc2[N+](=O)[O-])cc1. The van der Waals surface area contributed by atoms with E-state index in [1.807, 2.05) is 24.3 Å². The molecule has 0 amide bonds. The Labute approximate surface area is 121 Å². The summed E-state index contributed by atoms with van der Waals surface area (Å²) in [6, 6.07) is 12.1. The molecule has 2 rings (SSSR count). The van der Waals surface area contributed by atoms with Crippen molar-refractivity contribution >= 4 is 28.7 Å². The molecule has 104 valence electrons. The monoisotopic (exact) mass is 291 g/mol. The van der Waals surface area contributed by atoms with E-state index < -0.39 is 4.92 Å². The van der Waals surface area contributed by atoms with Crippen molar-refractivity contribution in [3.05, 3.63) is 63.2 Å². The summed E-state index contributed by atoms with van der Waals surface area (Å²) >= 11 is 5.99. The summed E-state index contributed by atoms with van der Waals surface area (Å²) in [5.41, 5.74) is 7.76. The first-order valence-electron chi connectivity index (χ1n) is 6.09. The van der Waals surface area contributed by atoms with Crippen LogP contribution in [0.4, 0.5) is 17.1 Å². The number of benzene rings is 2. The predicted octanol–water partition coefficient (Wildman–Crippen LogP) is 3.49. The number of para-hydroxylation sites is 1. The van der Waals surface area contributed by atoms with Crippen LogP contribution in [-0.2, 0) is 6.42 Å². The predicted molar refractivity (Wildman–Crippen MR) is 81.2 cm³/mol. The summed E-state index contributed by atoms with van der Waals surface area (Å²) in [6.45, 7) is 0.550. The maximum atomic E-state index is 10.9. The minimum Gasteiger partial charge on any atom is -0.399 e. The summed E-state index contributed by atoms with van der Waals surface area (Å²) in [6.07, 6.45) is 0.725. The highest BCUT2D eigenvalue weighted by Gasteiger charge is 2.15. The van der Waals surface area contributed by atoms with Crippen LogP contribution in [0.1, 0.15) is 5.56 Å². The van der Waals surface area contributed by atoms with E-state index in [4.69, 9.17) is 17.3 Å². The van der Waals surface area contributed by atoms with Gasteiger partial charge in [-0.3, -0.25) is 10.1 Å². The third-order valence-corrected chi connectivity index (χ3v) is 3.20. The number of hydrogen-bond donors (Lipinski definition) is 2. The van der Waals surface area contributed by atoms with Gasteiger partial charge in [0.2, 0.25) is 0 Å². The summed E-state index contributed by atoms with van der Waals surface area (Å²) < 4.78 is 0. The van der Waals surface area contributed by atoms with E-state index in [2.05, 4.69) is 5.32 Å².